The van der Waals surface area contributed by atoms with Gasteiger partial charge in [0.05, 0.1) is 5.69 Å². The van der Waals surface area contributed by atoms with Crippen LogP contribution in [0.5, 0.6) is 0 Å². The summed E-state index contributed by atoms with van der Waals surface area (Å²) in [6.45, 7) is 4.80. The van der Waals surface area contributed by atoms with E-state index in [1.165, 1.54) is 11.3 Å². The number of amides is 1. The molecule has 0 aliphatic rings. The van der Waals surface area contributed by atoms with Gasteiger partial charge in [0.2, 0.25) is 5.91 Å². The monoisotopic (exact) mass is 257 g/mol. The molecule has 1 aromatic heterocycles. The maximum Gasteiger partial charge on any atom is 0.248 e. The van der Waals surface area contributed by atoms with E-state index in [1.807, 2.05) is 12.3 Å². The predicted molar refractivity (Wildman–Crippen MR) is 68.9 cm³/mol. The molecule has 6 heteroatoms. The van der Waals surface area contributed by atoms with Crippen LogP contribution in [0.3, 0.4) is 0 Å². The van der Waals surface area contributed by atoms with Crippen LogP contribution in [0.2, 0.25) is 0 Å². The normalized spacial score (nSPS) is 12.4. The van der Waals surface area contributed by atoms with Crippen LogP contribution in [0.25, 0.3) is 0 Å². The molecule has 96 valence electrons. The second kappa shape index (κ2) is 7.24. The van der Waals surface area contributed by atoms with Crippen LogP contribution >= 0.6 is 11.3 Å². The van der Waals surface area contributed by atoms with Gasteiger partial charge in [-0.2, -0.15) is 0 Å². The van der Waals surface area contributed by atoms with Gasteiger partial charge in [0, 0.05) is 18.5 Å². The molecule has 0 spiro atoms. The van der Waals surface area contributed by atoms with E-state index in [0.717, 1.165) is 18.5 Å². The molecule has 0 aliphatic heterocycles. The minimum Gasteiger partial charge on any atom is -0.375 e. The van der Waals surface area contributed by atoms with Crippen molar-refractivity contribution in [3.63, 3.8) is 0 Å². The fraction of sp³-hybridized carbons (Fsp3) is 0.636. The number of nitrogens with zero attached hydrogens (tertiary/aromatic N) is 1. The summed E-state index contributed by atoms with van der Waals surface area (Å²) in [5.41, 5.74) is 6.51. The van der Waals surface area contributed by atoms with Gasteiger partial charge in [-0.25, -0.2) is 4.98 Å². The molecule has 1 rings (SSSR count). The van der Waals surface area contributed by atoms with Crippen molar-refractivity contribution in [2.45, 2.75) is 32.8 Å². The van der Waals surface area contributed by atoms with Crippen molar-refractivity contribution in [2.75, 3.05) is 18.9 Å². The molecular formula is C11H19N3O2S. The smallest absolute Gasteiger partial charge is 0.248 e. The Bertz CT molecular complexity index is 354. The number of nitrogen functional groups attached to an aromatic ring is 1. The van der Waals surface area contributed by atoms with Gasteiger partial charge in [-0.1, -0.05) is 0 Å². The molecule has 1 heterocycles. The molecule has 0 bridgehead atoms. The van der Waals surface area contributed by atoms with Gasteiger partial charge in [-0.15, -0.1) is 11.3 Å². The van der Waals surface area contributed by atoms with Gasteiger partial charge in [-0.05, 0) is 26.7 Å². The van der Waals surface area contributed by atoms with Crippen molar-refractivity contribution in [1.82, 2.24) is 10.3 Å². The summed E-state index contributed by atoms with van der Waals surface area (Å²) >= 11 is 1.44. The molecular weight excluding hydrogens is 238 g/mol. The fourth-order valence-electron chi connectivity index (χ4n) is 1.39. The summed E-state index contributed by atoms with van der Waals surface area (Å²) in [5.74, 6) is -0.0651. The average Bonchev–Trinajstić information content (AvgIpc) is 2.70. The van der Waals surface area contributed by atoms with Crippen molar-refractivity contribution in [3.8, 4) is 0 Å². The Morgan fingerprint density at radius 2 is 2.47 bits per heavy atom. The van der Waals surface area contributed by atoms with E-state index in [1.54, 1.807) is 6.92 Å². The largest absolute Gasteiger partial charge is 0.375 e. The van der Waals surface area contributed by atoms with E-state index in [0.29, 0.717) is 18.3 Å². The number of carbonyl (C=O) groups excluding carboxylic acids is 1. The summed E-state index contributed by atoms with van der Waals surface area (Å²) in [7, 11) is 0. The Kier molecular flexibility index (Phi) is 5.93. The number of rotatable bonds is 7. The maximum atomic E-state index is 11.5. The van der Waals surface area contributed by atoms with Crippen LogP contribution in [-0.2, 0) is 16.0 Å². The first-order valence-corrected chi connectivity index (χ1v) is 6.60. The van der Waals surface area contributed by atoms with Crippen LogP contribution in [0.15, 0.2) is 5.38 Å². The SMILES string of the molecule is CCO[C@@H](C)C(=O)NCCCc1csc(N)n1. The third kappa shape index (κ3) is 5.14. The van der Waals surface area contributed by atoms with Crippen LogP contribution in [-0.4, -0.2) is 30.1 Å². The van der Waals surface area contributed by atoms with Crippen molar-refractivity contribution < 1.29 is 9.53 Å². The van der Waals surface area contributed by atoms with Crippen LogP contribution in [0.1, 0.15) is 26.0 Å². The predicted octanol–water partition coefficient (Wildman–Crippen LogP) is 1.20. The number of thiazole rings is 1. The van der Waals surface area contributed by atoms with Gasteiger partial charge >= 0.3 is 0 Å². The van der Waals surface area contributed by atoms with Crippen LogP contribution < -0.4 is 11.1 Å². The lowest BCUT2D eigenvalue weighted by Crippen LogP contribution is -2.35. The highest BCUT2D eigenvalue weighted by atomic mass is 32.1. The Hall–Kier alpha value is -1.14. The summed E-state index contributed by atoms with van der Waals surface area (Å²) < 4.78 is 5.18. The standard InChI is InChI=1S/C11H19N3O2S/c1-3-16-8(2)10(15)13-6-4-5-9-7-17-11(12)14-9/h7-8H,3-6H2,1-2H3,(H2,12,14)(H,13,15)/t8-/m0/s1. The van der Waals surface area contributed by atoms with E-state index < -0.39 is 0 Å². The minimum absolute atomic E-state index is 0.0651. The Morgan fingerprint density at radius 1 is 1.71 bits per heavy atom. The molecule has 1 aromatic rings. The maximum absolute atomic E-state index is 11.5. The molecule has 1 amide bonds. The fourth-order valence-corrected chi connectivity index (χ4v) is 1.99. The first-order chi connectivity index (χ1) is 8.13. The van der Waals surface area contributed by atoms with E-state index in [-0.39, 0.29) is 12.0 Å². The molecule has 0 aromatic carbocycles. The molecule has 0 aliphatic carbocycles. The third-order valence-electron chi connectivity index (χ3n) is 2.26. The molecule has 0 fully saturated rings. The molecule has 3 N–H and O–H groups in total. The highest BCUT2D eigenvalue weighted by molar-refractivity contribution is 7.13. The minimum atomic E-state index is -0.380. The van der Waals surface area contributed by atoms with Gasteiger partial charge in [0.15, 0.2) is 5.13 Å². The highest BCUT2D eigenvalue weighted by Gasteiger charge is 2.11. The van der Waals surface area contributed by atoms with Crippen molar-refractivity contribution >= 4 is 22.4 Å². The third-order valence-corrected chi connectivity index (χ3v) is 2.99. The van der Waals surface area contributed by atoms with Crippen molar-refractivity contribution in [1.29, 1.82) is 0 Å². The Morgan fingerprint density at radius 3 is 3.06 bits per heavy atom. The van der Waals surface area contributed by atoms with Gasteiger partial charge in [-0.3, -0.25) is 4.79 Å². The second-order valence-electron chi connectivity index (χ2n) is 3.67. The zero-order chi connectivity index (χ0) is 12.7. The van der Waals surface area contributed by atoms with Crippen LogP contribution in [0.4, 0.5) is 5.13 Å². The summed E-state index contributed by atoms with van der Waals surface area (Å²) in [6.07, 6.45) is 1.31. The van der Waals surface area contributed by atoms with Gasteiger partial charge in [0.1, 0.15) is 6.10 Å². The zero-order valence-corrected chi connectivity index (χ0v) is 11.0. The second-order valence-corrected chi connectivity index (χ2v) is 4.56. The molecule has 0 radical (unpaired) electrons. The number of hydrogen-bond donors (Lipinski definition) is 2. The lowest BCUT2D eigenvalue weighted by molar-refractivity contribution is -0.131. The summed E-state index contributed by atoms with van der Waals surface area (Å²) in [5, 5.41) is 5.36. The Balaban J connectivity index is 2.13. The number of hydrogen-bond acceptors (Lipinski definition) is 5. The number of carbonyl (C=O) groups is 1. The molecule has 0 saturated carbocycles. The lowest BCUT2D eigenvalue weighted by atomic mass is 10.2. The van der Waals surface area contributed by atoms with Crippen molar-refractivity contribution in [2.24, 2.45) is 0 Å². The quantitative estimate of drug-likeness (QED) is 0.720. The molecule has 5 nitrogen and oxygen atoms in total. The number of ether oxygens (including phenoxy) is 1. The van der Waals surface area contributed by atoms with E-state index in [9.17, 15) is 4.79 Å². The summed E-state index contributed by atoms with van der Waals surface area (Å²) in [4.78, 5) is 15.6. The van der Waals surface area contributed by atoms with E-state index in [4.69, 9.17) is 10.5 Å². The van der Waals surface area contributed by atoms with Crippen molar-refractivity contribution in [3.05, 3.63) is 11.1 Å². The molecule has 0 saturated heterocycles. The number of anilines is 1. The number of aryl methyl sites for hydroxylation is 1. The van der Waals surface area contributed by atoms with Crippen LogP contribution in [0, 0.1) is 0 Å². The topological polar surface area (TPSA) is 77.2 Å². The number of nitrogens with two attached hydrogens (primary N) is 1. The first-order valence-electron chi connectivity index (χ1n) is 5.72. The molecule has 17 heavy (non-hydrogen) atoms. The Labute approximate surface area is 105 Å². The zero-order valence-electron chi connectivity index (χ0n) is 10.2. The average molecular weight is 257 g/mol. The van der Waals surface area contributed by atoms with E-state index in [2.05, 4.69) is 10.3 Å². The molecule has 0 unspecified atom stereocenters. The lowest BCUT2D eigenvalue weighted by Gasteiger charge is -2.11. The highest BCUT2D eigenvalue weighted by Crippen LogP contribution is 2.12. The number of nitrogens with one attached hydrogen (secondary N) is 1. The summed E-state index contributed by atoms with van der Waals surface area (Å²) in [6, 6.07) is 0. The van der Waals surface area contributed by atoms with E-state index >= 15 is 0 Å². The van der Waals surface area contributed by atoms with Gasteiger partial charge < -0.3 is 15.8 Å². The van der Waals surface area contributed by atoms with Gasteiger partial charge in [0.25, 0.3) is 0 Å². The molecule has 1 atom stereocenters. The first kappa shape index (κ1) is 13.9. The number of aromatic nitrogens is 1.